The quantitative estimate of drug-likeness (QED) is 0.406. The summed E-state index contributed by atoms with van der Waals surface area (Å²) in [5.41, 5.74) is 6.33. The normalized spacial score (nSPS) is 11.5. The number of aromatic amines is 2. The molecule has 0 radical (unpaired) electrons. The second-order valence-corrected chi connectivity index (χ2v) is 7.82. The fraction of sp³-hybridized carbons (Fsp3) is 0. The number of H-pyrrole nitrogens is 2. The molecule has 0 atom stereocenters. The lowest BCUT2D eigenvalue weighted by atomic mass is 10.2. The minimum atomic E-state index is -0.232. The zero-order valence-electron chi connectivity index (χ0n) is 15.4. The summed E-state index contributed by atoms with van der Waals surface area (Å²) in [5.74, 6) is 0. The molecule has 6 heterocycles. The van der Waals surface area contributed by atoms with Crippen molar-refractivity contribution in [1.82, 2.24) is 30.1 Å². The SMILES string of the molecule is Fc1ccc(-c2nccc3[nH]c(-c4n[nH]c5ccc(-c6ccccn6)nc45)cc23)s1. The third kappa shape index (κ3) is 2.69. The lowest BCUT2D eigenvalue weighted by Gasteiger charge is -2.00. The van der Waals surface area contributed by atoms with Gasteiger partial charge in [-0.25, -0.2) is 4.98 Å². The second-order valence-electron chi connectivity index (χ2n) is 6.79. The summed E-state index contributed by atoms with van der Waals surface area (Å²) in [6.45, 7) is 0. The number of nitrogens with zero attached hydrogens (tertiary/aromatic N) is 4. The van der Waals surface area contributed by atoms with Gasteiger partial charge in [0.1, 0.15) is 11.2 Å². The third-order valence-corrected chi connectivity index (χ3v) is 5.83. The minimum Gasteiger partial charge on any atom is -0.353 e. The van der Waals surface area contributed by atoms with Crippen molar-refractivity contribution in [3.8, 4) is 33.3 Å². The van der Waals surface area contributed by atoms with Crippen molar-refractivity contribution in [2.45, 2.75) is 0 Å². The topological polar surface area (TPSA) is 83.1 Å². The summed E-state index contributed by atoms with van der Waals surface area (Å²) in [6.07, 6.45) is 3.47. The van der Waals surface area contributed by atoms with Gasteiger partial charge in [-0.2, -0.15) is 9.49 Å². The summed E-state index contributed by atoms with van der Waals surface area (Å²) in [6, 6.07) is 16.7. The maximum absolute atomic E-state index is 13.5. The fourth-order valence-electron chi connectivity index (χ4n) is 3.56. The molecule has 0 saturated carbocycles. The van der Waals surface area contributed by atoms with E-state index in [0.29, 0.717) is 5.69 Å². The van der Waals surface area contributed by atoms with Crippen molar-refractivity contribution < 1.29 is 4.39 Å². The molecular weight excluding hydrogens is 399 g/mol. The highest BCUT2D eigenvalue weighted by Crippen LogP contribution is 2.35. The largest absolute Gasteiger partial charge is 0.353 e. The number of rotatable bonds is 3. The molecule has 8 heteroatoms. The van der Waals surface area contributed by atoms with E-state index in [9.17, 15) is 4.39 Å². The van der Waals surface area contributed by atoms with Gasteiger partial charge >= 0.3 is 0 Å². The second kappa shape index (κ2) is 6.57. The van der Waals surface area contributed by atoms with Crippen LogP contribution in [0.3, 0.4) is 0 Å². The van der Waals surface area contributed by atoms with Gasteiger partial charge in [-0.05, 0) is 48.5 Å². The Labute approximate surface area is 173 Å². The molecule has 6 aromatic rings. The molecule has 2 N–H and O–H groups in total. The standard InChI is InChI=1S/C22H13FN6S/c23-19-7-6-18(30-19)20-12-11-17(26-13(12)8-10-25-20)22-21-16(28-29-22)5-4-15(27-21)14-3-1-2-9-24-14/h1-11,26H,(H,28,29). The molecule has 0 amide bonds. The number of halogens is 1. The van der Waals surface area contributed by atoms with Crippen LogP contribution >= 0.6 is 11.3 Å². The molecule has 144 valence electrons. The van der Waals surface area contributed by atoms with Crippen LogP contribution < -0.4 is 0 Å². The highest BCUT2D eigenvalue weighted by atomic mass is 32.1. The van der Waals surface area contributed by atoms with Crippen molar-refractivity contribution in [3.63, 3.8) is 0 Å². The molecule has 0 fully saturated rings. The summed E-state index contributed by atoms with van der Waals surface area (Å²) in [7, 11) is 0. The van der Waals surface area contributed by atoms with E-state index >= 15 is 0 Å². The average Bonchev–Trinajstić information content (AvgIpc) is 3.51. The summed E-state index contributed by atoms with van der Waals surface area (Å²) >= 11 is 1.08. The van der Waals surface area contributed by atoms with E-state index in [4.69, 9.17) is 4.98 Å². The van der Waals surface area contributed by atoms with Crippen molar-refractivity contribution >= 4 is 33.3 Å². The number of fused-ring (bicyclic) bond motifs is 2. The van der Waals surface area contributed by atoms with Crippen molar-refractivity contribution in [3.05, 3.63) is 72.1 Å². The molecule has 0 aromatic carbocycles. The Kier molecular flexibility index (Phi) is 3.72. The van der Waals surface area contributed by atoms with Crippen LogP contribution in [-0.4, -0.2) is 30.1 Å². The number of aromatic nitrogens is 6. The van der Waals surface area contributed by atoms with E-state index in [2.05, 4.69) is 25.1 Å². The van der Waals surface area contributed by atoms with Crippen molar-refractivity contribution in [2.24, 2.45) is 0 Å². The molecule has 0 aliphatic heterocycles. The molecule has 0 spiro atoms. The van der Waals surface area contributed by atoms with Crippen molar-refractivity contribution in [1.29, 1.82) is 0 Å². The van der Waals surface area contributed by atoms with Gasteiger partial charge in [-0.15, -0.1) is 11.3 Å². The van der Waals surface area contributed by atoms with Crippen LogP contribution in [0, 0.1) is 5.13 Å². The Morgan fingerprint density at radius 2 is 1.80 bits per heavy atom. The van der Waals surface area contributed by atoms with Gasteiger partial charge in [0, 0.05) is 23.3 Å². The first kappa shape index (κ1) is 17.0. The van der Waals surface area contributed by atoms with Crippen LogP contribution in [0.2, 0.25) is 0 Å². The zero-order chi connectivity index (χ0) is 20.1. The van der Waals surface area contributed by atoms with Gasteiger partial charge in [0.15, 0.2) is 5.13 Å². The number of thiophene rings is 1. The first-order valence-corrected chi connectivity index (χ1v) is 10.1. The van der Waals surface area contributed by atoms with Crippen LogP contribution in [0.5, 0.6) is 0 Å². The zero-order valence-corrected chi connectivity index (χ0v) is 16.2. The Morgan fingerprint density at radius 3 is 2.63 bits per heavy atom. The molecule has 0 unspecified atom stereocenters. The smallest absolute Gasteiger partial charge is 0.177 e. The van der Waals surface area contributed by atoms with Crippen LogP contribution in [0.4, 0.5) is 4.39 Å². The maximum atomic E-state index is 13.5. The predicted molar refractivity (Wildman–Crippen MR) is 115 cm³/mol. The molecule has 6 rings (SSSR count). The molecule has 0 bridgehead atoms. The van der Waals surface area contributed by atoms with Gasteiger partial charge in [0.25, 0.3) is 0 Å². The van der Waals surface area contributed by atoms with Crippen LogP contribution in [0.1, 0.15) is 0 Å². The van der Waals surface area contributed by atoms with Crippen molar-refractivity contribution in [2.75, 3.05) is 0 Å². The summed E-state index contributed by atoms with van der Waals surface area (Å²) in [5, 5.41) is 8.20. The number of nitrogens with one attached hydrogen (secondary N) is 2. The Balaban J connectivity index is 1.52. The number of hydrogen-bond donors (Lipinski definition) is 2. The molecular formula is C22H13FN6S. The van der Waals surface area contributed by atoms with Gasteiger partial charge in [0.05, 0.1) is 33.2 Å². The van der Waals surface area contributed by atoms with Crippen LogP contribution in [0.15, 0.2) is 67.0 Å². The summed E-state index contributed by atoms with van der Waals surface area (Å²) < 4.78 is 13.5. The van der Waals surface area contributed by atoms with Gasteiger partial charge < -0.3 is 4.98 Å². The summed E-state index contributed by atoms with van der Waals surface area (Å²) in [4.78, 5) is 17.8. The van der Waals surface area contributed by atoms with E-state index in [-0.39, 0.29) is 5.13 Å². The van der Waals surface area contributed by atoms with Gasteiger partial charge in [-0.1, -0.05) is 6.07 Å². The molecule has 30 heavy (non-hydrogen) atoms. The van der Waals surface area contributed by atoms with Crippen LogP contribution in [-0.2, 0) is 0 Å². The number of pyridine rings is 3. The Morgan fingerprint density at radius 1 is 0.833 bits per heavy atom. The molecule has 0 saturated heterocycles. The fourth-order valence-corrected chi connectivity index (χ4v) is 4.30. The molecule has 0 aliphatic rings. The third-order valence-electron chi connectivity index (χ3n) is 4.94. The Hall–Kier alpha value is -3.91. The molecule has 6 aromatic heterocycles. The van der Waals surface area contributed by atoms with E-state index in [0.717, 1.165) is 60.9 Å². The van der Waals surface area contributed by atoms with Gasteiger partial charge in [-0.3, -0.25) is 15.1 Å². The predicted octanol–water partition coefficient (Wildman–Crippen LogP) is 5.43. The monoisotopic (exact) mass is 412 g/mol. The minimum absolute atomic E-state index is 0.232. The van der Waals surface area contributed by atoms with E-state index in [1.165, 1.54) is 6.07 Å². The highest BCUT2D eigenvalue weighted by Gasteiger charge is 2.16. The lowest BCUT2D eigenvalue weighted by molar-refractivity contribution is 0.657. The van der Waals surface area contributed by atoms with Gasteiger partial charge in [0.2, 0.25) is 0 Å². The first-order chi connectivity index (χ1) is 14.8. The van der Waals surface area contributed by atoms with E-state index < -0.39 is 0 Å². The highest BCUT2D eigenvalue weighted by molar-refractivity contribution is 7.13. The molecule has 0 aliphatic carbocycles. The van der Waals surface area contributed by atoms with E-state index in [1.807, 2.05) is 42.5 Å². The average molecular weight is 412 g/mol. The maximum Gasteiger partial charge on any atom is 0.177 e. The first-order valence-electron chi connectivity index (χ1n) is 9.26. The lowest BCUT2D eigenvalue weighted by Crippen LogP contribution is -1.87. The van der Waals surface area contributed by atoms with E-state index in [1.54, 1.807) is 18.5 Å². The Bertz CT molecular complexity index is 1520. The molecule has 6 nitrogen and oxygen atoms in total. The number of hydrogen-bond acceptors (Lipinski definition) is 5. The van der Waals surface area contributed by atoms with Crippen LogP contribution in [0.25, 0.3) is 55.3 Å².